The molecule has 1 nitrogen and oxygen atoms in total. The van der Waals surface area contributed by atoms with Gasteiger partial charge in [0.15, 0.2) is 0 Å². The zero-order valence-corrected chi connectivity index (χ0v) is 13.7. The van der Waals surface area contributed by atoms with E-state index in [0.29, 0.717) is 5.92 Å². The zero-order chi connectivity index (χ0) is 14.1. The molecule has 1 N–H and O–H groups in total. The largest absolute Gasteiger partial charge is 0.312 e. The SMILES string of the molecule is CCCC(C)CSc1cccc(CNCC(C)C)c1. The van der Waals surface area contributed by atoms with Crippen molar-refractivity contribution in [1.82, 2.24) is 5.32 Å². The standard InChI is InChI=1S/C17H29NS/c1-5-7-15(4)13-19-17-9-6-8-16(10-17)12-18-11-14(2)3/h6,8-10,14-15,18H,5,7,11-13H2,1-4H3. The molecule has 0 aliphatic heterocycles. The van der Waals surface area contributed by atoms with E-state index in [-0.39, 0.29) is 0 Å². The van der Waals surface area contributed by atoms with E-state index in [1.54, 1.807) is 0 Å². The second-order valence-electron chi connectivity index (χ2n) is 5.88. The number of benzene rings is 1. The molecule has 0 aliphatic carbocycles. The van der Waals surface area contributed by atoms with Gasteiger partial charge >= 0.3 is 0 Å². The molecular formula is C17H29NS. The predicted molar refractivity (Wildman–Crippen MR) is 87.8 cm³/mol. The van der Waals surface area contributed by atoms with E-state index in [0.717, 1.165) is 19.0 Å². The van der Waals surface area contributed by atoms with Crippen molar-refractivity contribution in [2.75, 3.05) is 12.3 Å². The molecule has 0 bridgehead atoms. The molecule has 1 aromatic carbocycles. The quantitative estimate of drug-likeness (QED) is 0.641. The molecule has 108 valence electrons. The topological polar surface area (TPSA) is 12.0 Å². The van der Waals surface area contributed by atoms with Gasteiger partial charge < -0.3 is 5.32 Å². The van der Waals surface area contributed by atoms with Gasteiger partial charge in [-0.1, -0.05) is 52.7 Å². The molecule has 1 aromatic rings. The van der Waals surface area contributed by atoms with Crippen molar-refractivity contribution in [2.45, 2.75) is 52.0 Å². The van der Waals surface area contributed by atoms with Crippen LogP contribution in [0.2, 0.25) is 0 Å². The molecule has 2 heteroatoms. The van der Waals surface area contributed by atoms with Crippen LogP contribution in [0, 0.1) is 11.8 Å². The number of hydrogen-bond acceptors (Lipinski definition) is 2. The average Bonchev–Trinajstić information content (AvgIpc) is 2.37. The van der Waals surface area contributed by atoms with Gasteiger partial charge in [-0.2, -0.15) is 0 Å². The Balaban J connectivity index is 2.38. The fraction of sp³-hybridized carbons (Fsp3) is 0.647. The van der Waals surface area contributed by atoms with E-state index in [4.69, 9.17) is 0 Å². The molecule has 1 rings (SSSR count). The number of rotatable bonds is 9. The molecule has 0 fully saturated rings. The van der Waals surface area contributed by atoms with Crippen LogP contribution in [-0.2, 0) is 6.54 Å². The van der Waals surface area contributed by atoms with Crippen molar-refractivity contribution in [2.24, 2.45) is 11.8 Å². The van der Waals surface area contributed by atoms with E-state index < -0.39 is 0 Å². The Bertz CT molecular complexity index is 349. The van der Waals surface area contributed by atoms with Crippen molar-refractivity contribution in [3.8, 4) is 0 Å². The summed E-state index contributed by atoms with van der Waals surface area (Å²) in [6.07, 6.45) is 2.63. The Morgan fingerprint density at radius 2 is 2.00 bits per heavy atom. The number of hydrogen-bond donors (Lipinski definition) is 1. The summed E-state index contributed by atoms with van der Waals surface area (Å²) in [5, 5.41) is 3.50. The van der Waals surface area contributed by atoms with Gasteiger partial charge in [0, 0.05) is 17.2 Å². The first-order chi connectivity index (χ1) is 9.11. The summed E-state index contributed by atoms with van der Waals surface area (Å²) in [5.41, 5.74) is 1.40. The molecule has 19 heavy (non-hydrogen) atoms. The fourth-order valence-corrected chi connectivity index (χ4v) is 3.12. The van der Waals surface area contributed by atoms with Crippen molar-refractivity contribution in [3.63, 3.8) is 0 Å². The van der Waals surface area contributed by atoms with Crippen molar-refractivity contribution >= 4 is 11.8 Å². The van der Waals surface area contributed by atoms with Crippen molar-refractivity contribution < 1.29 is 0 Å². The molecule has 1 atom stereocenters. The summed E-state index contributed by atoms with van der Waals surface area (Å²) in [4.78, 5) is 1.41. The van der Waals surface area contributed by atoms with Crippen LogP contribution in [0.4, 0.5) is 0 Å². The van der Waals surface area contributed by atoms with Crippen LogP contribution in [-0.4, -0.2) is 12.3 Å². The molecule has 0 aromatic heterocycles. The molecule has 0 amide bonds. The van der Waals surface area contributed by atoms with E-state index in [2.05, 4.69) is 57.3 Å². The third-order valence-electron chi connectivity index (χ3n) is 3.10. The lowest BCUT2D eigenvalue weighted by Crippen LogP contribution is -2.18. The molecule has 0 aliphatic rings. The second kappa shape index (κ2) is 9.44. The van der Waals surface area contributed by atoms with Gasteiger partial charge in [-0.3, -0.25) is 0 Å². The minimum atomic E-state index is 0.715. The maximum absolute atomic E-state index is 3.50. The third kappa shape index (κ3) is 7.64. The Kier molecular flexibility index (Phi) is 8.24. The third-order valence-corrected chi connectivity index (χ3v) is 4.42. The Labute approximate surface area is 123 Å². The summed E-state index contributed by atoms with van der Waals surface area (Å²) in [6, 6.07) is 8.96. The Morgan fingerprint density at radius 1 is 1.21 bits per heavy atom. The Hall–Kier alpha value is -0.470. The normalized spacial score (nSPS) is 12.9. The molecule has 0 saturated heterocycles. The summed E-state index contributed by atoms with van der Waals surface area (Å²) in [7, 11) is 0. The van der Waals surface area contributed by atoms with Crippen LogP contribution < -0.4 is 5.32 Å². The maximum Gasteiger partial charge on any atom is 0.0206 e. The number of thioether (sulfide) groups is 1. The predicted octanol–water partition coefficient (Wildman–Crippen LogP) is 4.96. The van der Waals surface area contributed by atoms with Crippen LogP contribution in [0.3, 0.4) is 0 Å². The van der Waals surface area contributed by atoms with Crippen molar-refractivity contribution in [1.29, 1.82) is 0 Å². The first-order valence-corrected chi connectivity index (χ1v) is 8.52. The number of nitrogens with one attached hydrogen (secondary N) is 1. The lowest BCUT2D eigenvalue weighted by atomic mass is 10.1. The summed E-state index contributed by atoms with van der Waals surface area (Å²) in [6.45, 7) is 11.2. The lowest BCUT2D eigenvalue weighted by molar-refractivity contribution is 0.552. The molecule has 0 spiro atoms. The molecular weight excluding hydrogens is 250 g/mol. The van der Waals surface area contributed by atoms with E-state index >= 15 is 0 Å². The Morgan fingerprint density at radius 3 is 2.68 bits per heavy atom. The second-order valence-corrected chi connectivity index (χ2v) is 6.97. The first-order valence-electron chi connectivity index (χ1n) is 7.54. The van der Waals surface area contributed by atoms with Crippen LogP contribution in [0.1, 0.15) is 46.1 Å². The van der Waals surface area contributed by atoms with Gasteiger partial charge in [0.2, 0.25) is 0 Å². The van der Waals surface area contributed by atoms with Crippen molar-refractivity contribution in [3.05, 3.63) is 29.8 Å². The van der Waals surface area contributed by atoms with Gasteiger partial charge in [-0.05, 0) is 36.1 Å². The maximum atomic E-state index is 3.50. The van der Waals surface area contributed by atoms with E-state index in [1.807, 2.05) is 11.8 Å². The molecule has 0 radical (unpaired) electrons. The van der Waals surface area contributed by atoms with Gasteiger partial charge in [-0.15, -0.1) is 11.8 Å². The molecule has 0 saturated carbocycles. The summed E-state index contributed by atoms with van der Waals surface area (Å²) < 4.78 is 0. The first kappa shape index (κ1) is 16.6. The van der Waals surface area contributed by atoms with Gasteiger partial charge in [0.1, 0.15) is 0 Å². The van der Waals surface area contributed by atoms with E-state index in [1.165, 1.54) is 29.1 Å². The highest BCUT2D eigenvalue weighted by Crippen LogP contribution is 2.23. The van der Waals surface area contributed by atoms with Crippen LogP contribution in [0.5, 0.6) is 0 Å². The monoisotopic (exact) mass is 279 g/mol. The van der Waals surface area contributed by atoms with Crippen LogP contribution in [0.25, 0.3) is 0 Å². The highest BCUT2D eigenvalue weighted by molar-refractivity contribution is 7.99. The highest BCUT2D eigenvalue weighted by Gasteiger charge is 2.03. The highest BCUT2D eigenvalue weighted by atomic mass is 32.2. The fourth-order valence-electron chi connectivity index (χ4n) is 2.07. The average molecular weight is 279 g/mol. The van der Waals surface area contributed by atoms with Crippen LogP contribution >= 0.6 is 11.8 Å². The minimum Gasteiger partial charge on any atom is -0.312 e. The lowest BCUT2D eigenvalue weighted by Gasteiger charge is -2.11. The van der Waals surface area contributed by atoms with Crippen LogP contribution in [0.15, 0.2) is 29.2 Å². The molecule has 1 unspecified atom stereocenters. The van der Waals surface area contributed by atoms with Gasteiger partial charge in [-0.25, -0.2) is 0 Å². The van der Waals surface area contributed by atoms with Gasteiger partial charge in [0.05, 0.1) is 0 Å². The van der Waals surface area contributed by atoms with E-state index in [9.17, 15) is 0 Å². The van der Waals surface area contributed by atoms with Gasteiger partial charge in [0.25, 0.3) is 0 Å². The molecule has 0 heterocycles. The summed E-state index contributed by atoms with van der Waals surface area (Å²) >= 11 is 1.99. The smallest absolute Gasteiger partial charge is 0.0206 e. The zero-order valence-electron chi connectivity index (χ0n) is 12.9. The summed E-state index contributed by atoms with van der Waals surface area (Å²) in [5.74, 6) is 2.77. The minimum absolute atomic E-state index is 0.715.